The van der Waals surface area contributed by atoms with Crippen LogP contribution in [0.25, 0.3) is 0 Å². The van der Waals surface area contributed by atoms with Crippen molar-refractivity contribution >= 4 is 50.7 Å². The van der Waals surface area contributed by atoms with E-state index < -0.39 is 0 Å². The van der Waals surface area contributed by atoms with Crippen molar-refractivity contribution in [3.63, 3.8) is 0 Å². The first-order chi connectivity index (χ1) is 9.04. The first kappa shape index (κ1) is 15.1. The zero-order valence-electron chi connectivity index (χ0n) is 9.63. The van der Waals surface area contributed by atoms with E-state index in [9.17, 15) is 0 Å². The molecule has 2 aromatic carbocycles. The Bertz CT molecular complexity index is 602. The van der Waals surface area contributed by atoms with Gasteiger partial charge in [-0.25, -0.2) is 5.43 Å². The molecule has 0 aliphatic rings. The number of benzene rings is 2. The molecule has 0 spiro atoms. The van der Waals surface area contributed by atoms with Crippen molar-refractivity contribution in [1.29, 1.82) is 0 Å². The maximum absolute atomic E-state index is 6.23. The van der Waals surface area contributed by atoms with Crippen molar-refractivity contribution in [3.05, 3.63) is 67.1 Å². The smallest absolute Gasteiger partial charge is 0.0736 e. The van der Waals surface area contributed by atoms with E-state index in [1.54, 1.807) is 12.1 Å². The van der Waals surface area contributed by atoms with Crippen molar-refractivity contribution in [2.75, 3.05) is 0 Å². The van der Waals surface area contributed by atoms with Crippen LogP contribution in [0.1, 0.15) is 17.2 Å². The molecule has 0 saturated carbocycles. The van der Waals surface area contributed by atoms with Crippen LogP contribution in [0.4, 0.5) is 0 Å². The van der Waals surface area contributed by atoms with Crippen LogP contribution in [0.15, 0.2) is 40.9 Å². The number of nitrogens with one attached hydrogen (secondary N) is 1. The van der Waals surface area contributed by atoms with Gasteiger partial charge in [0.2, 0.25) is 0 Å². The fourth-order valence-corrected chi connectivity index (χ4v) is 2.90. The maximum Gasteiger partial charge on any atom is 0.0736 e. The van der Waals surface area contributed by atoms with Gasteiger partial charge in [0.25, 0.3) is 0 Å². The number of hydrogen-bond donors (Lipinski definition) is 2. The number of halogens is 4. The summed E-state index contributed by atoms with van der Waals surface area (Å²) in [5.41, 5.74) is 4.42. The topological polar surface area (TPSA) is 38.0 Å². The van der Waals surface area contributed by atoms with Gasteiger partial charge in [-0.1, -0.05) is 62.9 Å². The van der Waals surface area contributed by atoms with Gasteiger partial charge in [0, 0.05) is 9.50 Å². The molecule has 0 fully saturated rings. The summed E-state index contributed by atoms with van der Waals surface area (Å²) in [4.78, 5) is 0. The predicted octanol–water partition coefficient (Wildman–Crippen LogP) is 4.96. The SMILES string of the molecule is NNC(c1cc(Cl)ccc1Br)c1cccc(Cl)c1Cl. The van der Waals surface area contributed by atoms with Crippen LogP contribution in [0.5, 0.6) is 0 Å². The second-order valence-corrected chi connectivity index (χ2v) is 5.98. The average Bonchev–Trinajstić information content (AvgIpc) is 2.39. The van der Waals surface area contributed by atoms with Crippen LogP contribution >= 0.6 is 50.7 Å². The van der Waals surface area contributed by atoms with Crippen molar-refractivity contribution in [2.24, 2.45) is 5.84 Å². The van der Waals surface area contributed by atoms with E-state index in [1.165, 1.54) is 0 Å². The van der Waals surface area contributed by atoms with Gasteiger partial charge >= 0.3 is 0 Å². The number of hydrazine groups is 1. The highest BCUT2D eigenvalue weighted by Crippen LogP contribution is 2.36. The molecule has 0 saturated heterocycles. The summed E-state index contributed by atoms with van der Waals surface area (Å²) in [5, 5.41) is 1.58. The first-order valence-corrected chi connectivity index (χ1v) is 7.32. The van der Waals surface area contributed by atoms with Gasteiger partial charge in [-0.2, -0.15) is 0 Å². The normalized spacial score (nSPS) is 12.5. The van der Waals surface area contributed by atoms with Crippen LogP contribution in [-0.2, 0) is 0 Å². The Morgan fingerprint density at radius 2 is 1.79 bits per heavy atom. The highest BCUT2D eigenvalue weighted by atomic mass is 79.9. The zero-order chi connectivity index (χ0) is 14.0. The van der Waals surface area contributed by atoms with Crippen molar-refractivity contribution in [3.8, 4) is 0 Å². The molecule has 0 amide bonds. The lowest BCUT2D eigenvalue weighted by molar-refractivity contribution is 0.635. The molecule has 0 aliphatic heterocycles. The highest BCUT2D eigenvalue weighted by molar-refractivity contribution is 9.10. The van der Waals surface area contributed by atoms with Crippen LogP contribution in [0.2, 0.25) is 15.1 Å². The van der Waals surface area contributed by atoms with Gasteiger partial charge in [-0.05, 0) is 35.4 Å². The van der Waals surface area contributed by atoms with Crippen LogP contribution in [-0.4, -0.2) is 0 Å². The molecule has 0 heterocycles. The molecule has 6 heteroatoms. The molecule has 0 bridgehead atoms. The Hall–Kier alpha value is -0.290. The molecule has 1 unspecified atom stereocenters. The van der Waals surface area contributed by atoms with Gasteiger partial charge in [0.1, 0.15) is 0 Å². The highest BCUT2D eigenvalue weighted by Gasteiger charge is 2.19. The van der Waals surface area contributed by atoms with Crippen molar-refractivity contribution < 1.29 is 0 Å². The molecule has 2 rings (SSSR count). The Balaban J connectivity index is 2.56. The van der Waals surface area contributed by atoms with E-state index in [4.69, 9.17) is 40.6 Å². The Kier molecular flexibility index (Phi) is 5.12. The second kappa shape index (κ2) is 6.44. The molecular weight excluding hydrogens is 370 g/mol. The maximum atomic E-state index is 6.23. The largest absolute Gasteiger partial charge is 0.271 e. The summed E-state index contributed by atoms with van der Waals surface area (Å²) >= 11 is 21.8. The molecule has 2 nitrogen and oxygen atoms in total. The number of rotatable bonds is 3. The second-order valence-electron chi connectivity index (χ2n) is 3.91. The number of hydrogen-bond acceptors (Lipinski definition) is 2. The molecular formula is C13H10BrCl3N2. The van der Waals surface area contributed by atoms with Gasteiger partial charge in [0.05, 0.1) is 16.1 Å². The van der Waals surface area contributed by atoms with E-state index in [0.717, 1.165) is 15.6 Å². The molecule has 19 heavy (non-hydrogen) atoms. The van der Waals surface area contributed by atoms with Gasteiger partial charge in [-0.15, -0.1) is 0 Å². The minimum atomic E-state index is -0.306. The van der Waals surface area contributed by atoms with Crippen LogP contribution < -0.4 is 11.3 Å². The minimum Gasteiger partial charge on any atom is -0.271 e. The standard InChI is InChI=1S/C13H10BrCl3N2/c14-10-5-4-7(15)6-9(10)13(19-18)8-2-1-3-11(16)12(8)17/h1-6,13,19H,18H2. The quantitative estimate of drug-likeness (QED) is 0.583. The lowest BCUT2D eigenvalue weighted by Crippen LogP contribution is -2.29. The van der Waals surface area contributed by atoms with E-state index in [-0.39, 0.29) is 6.04 Å². The van der Waals surface area contributed by atoms with Crippen molar-refractivity contribution in [1.82, 2.24) is 5.43 Å². The first-order valence-electron chi connectivity index (χ1n) is 5.39. The fraction of sp³-hybridized carbons (Fsp3) is 0.0769. The third kappa shape index (κ3) is 3.24. The zero-order valence-corrected chi connectivity index (χ0v) is 13.5. The summed E-state index contributed by atoms with van der Waals surface area (Å²) in [5.74, 6) is 5.66. The Morgan fingerprint density at radius 3 is 2.47 bits per heavy atom. The lowest BCUT2D eigenvalue weighted by atomic mass is 9.99. The van der Waals surface area contributed by atoms with E-state index in [0.29, 0.717) is 15.1 Å². The summed E-state index contributed by atoms with van der Waals surface area (Å²) in [7, 11) is 0. The Labute approximate surface area is 134 Å². The van der Waals surface area contributed by atoms with Crippen LogP contribution in [0.3, 0.4) is 0 Å². The lowest BCUT2D eigenvalue weighted by Gasteiger charge is -2.20. The molecule has 2 aromatic rings. The van der Waals surface area contributed by atoms with Gasteiger partial charge in [-0.3, -0.25) is 5.84 Å². The van der Waals surface area contributed by atoms with Crippen molar-refractivity contribution in [2.45, 2.75) is 6.04 Å². The van der Waals surface area contributed by atoms with E-state index in [1.807, 2.05) is 24.3 Å². The van der Waals surface area contributed by atoms with Gasteiger partial charge in [0.15, 0.2) is 0 Å². The summed E-state index contributed by atoms with van der Waals surface area (Å²) in [6.07, 6.45) is 0. The third-order valence-corrected chi connectivity index (χ3v) is 4.52. The van der Waals surface area contributed by atoms with Gasteiger partial charge < -0.3 is 0 Å². The monoisotopic (exact) mass is 378 g/mol. The summed E-state index contributed by atoms with van der Waals surface area (Å²) in [6, 6.07) is 10.6. The minimum absolute atomic E-state index is 0.306. The number of nitrogens with two attached hydrogens (primary N) is 1. The fourth-order valence-electron chi connectivity index (χ4n) is 1.83. The molecule has 100 valence electrons. The average molecular weight is 381 g/mol. The summed E-state index contributed by atoms with van der Waals surface area (Å²) in [6.45, 7) is 0. The van der Waals surface area contributed by atoms with Crippen LogP contribution in [0, 0.1) is 0 Å². The Morgan fingerprint density at radius 1 is 1.05 bits per heavy atom. The molecule has 0 aliphatic carbocycles. The third-order valence-electron chi connectivity index (χ3n) is 2.73. The molecule has 3 N–H and O–H groups in total. The molecule has 0 radical (unpaired) electrons. The summed E-state index contributed by atoms with van der Waals surface area (Å²) < 4.78 is 0.885. The molecule has 1 atom stereocenters. The molecule has 0 aromatic heterocycles. The van der Waals surface area contributed by atoms with E-state index in [2.05, 4.69) is 21.4 Å². The van der Waals surface area contributed by atoms with E-state index >= 15 is 0 Å². The predicted molar refractivity (Wildman–Crippen MR) is 84.8 cm³/mol.